The van der Waals surface area contributed by atoms with Crippen molar-refractivity contribution in [1.29, 1.82) is 0 Å². The van der Waals surface area contributed by atoms with Crippen LogP contribution in [0.1, 0.15) is 73.1 Å². The number of aldehydes is 1. The van der Waals surface area contributed by atoms with Gasteiger partial charge in [0.1, 0.15) is 11.7 Å². The zero-order valence-corrected chi connectivity index (χ0v) is 22.6. The molecule has 4 unspecified atom stereocenters. The van der Waals surface area contributed by atoms with Gasteiger partial charge in [0, 0.05) is 11.8 Å². The second-order valence-corrected chi connectivity index (χ2v) is 13.4. The number of carbonyl (C=O) groups is 2. The summed E-state index contributed by atoms with van der Waals surface area (Å²) in [6.45, 7) is 11.9. The first kappa shape index (κ1) is 25.1. The fourth-order valence-electron chi connectivity index (χ4n) is 10.6. The molecule has 0 aromatic rings. The van der Waals surface area contributed by atoms with Gasteiger partial charge < -0.3 is 24.1 Å². The topological polar surface area (TPSA) is 82.1 Å². The van der Waals surface area contributed by atoms with E-state index in [0.717, 1.165) is 50.6 Å². The molecule has 1 N–H and O–H groups in total. The maximum atomic E-state index is 13.6. The summed E-state index contributed by atoms with van der Waals surface area (Å²) >= 11 is 0. The number of fused-ring (bicyclic) bond motifs is 3. The zero-order valence-electron chi connectivity index (χ0n) is 22.6. The number of rotatable bonds is 7. The van der Waals surface area contributed by atoms with Crippen LogP contribution < -0.4 is 0 Å². The highest BCUT2D eigenvalue weighted by molar-refractivity contribution is 5.90. The third-order valence-corrected chi connectivity index (χ3v) is 12.0. The van der Waals surface area contributed by atoms with E-state index in [4.69, 9.17) is 14.2 Å². The third kappa shape index (κ3) is 2.85. The summed E-state index contributed by atoms with van der Waals surface area (Å²) in [5, 5.41) is 11.1. The summed E-state index contributed by atoms with van der Waals surface area (Å²) in [6.07, 6.45) is 8.44. The minimum atomic E-state index is -1.18. The zero-order chi connectivity index (χ0) is 25.6. The van der Waals surface area contributed by atoms with Crippen LogP contribution in [0.4, 0.5) is 0 Å². The molecule has 2 saturated heterocycles. The second kappa shape index (κ2) is 8.38. The van der Waals surface area contributed by atoms with Gasteiger partial charge >= 0.3 is 5.97 Å². The van der Waals surface area contributed by atoms with E-state index in [0.29, 0.717) is 36.7 Å². The van der Waals surface area contributed by atoms with Gasteiger partial charge in [0.15, 0.2) is 6.29 Å². The molecule has 2 heterocycles. The first-order valence-electron chi connectivity index (χ1n) is 14.5. The van der Waals surface area contributed by atoms with E-state index in [2.05, 4.69) is 40.7 Å². The van der Waals surface area contributed by atoms with E-state index in [-0.39, 0.29) is 36.3 Å². The van der Waals surface area contributed by atoms with Gasteiger partial charge in [0.2, 0.25) is 0 Å². The third-order valence-electron chi connectivity index (χ3n) is 12.0. The summed E-state index contributed by atoms with van der Waals surface area (Å²) in [6, 6.07) is 0. The molecular weight excluding hydrogens is 456 g/mol. The number of hydrogen-bond acceptors (Lipinski definition) is 5. The van der Waals surface area contributed by atoms with Gasteiger partial charge in [-0.2, -0.15) is 0 Å². The highest BCUT2D eigenvalue weighted by atomic mass is 16.7. The predicted octanol–water partition coefficient (Wildman–Crippen LogP) is 5.10. The summed E-state index contributed by atoms with van der Waals surface area (Å²) in [4.78, 5) is 26.8. The van der Waals surface area contributed by atoms with Crippen LogP contribution in [0.25, 0.3) is 0 Å². The molecular formula is C30H44O6. The van der Waals surface area contributed by atoms with Crippen molar-refractivity contribution in [3.05, 3.63) is 11.6 Å². The van der Waals surface area contributed by atoms with Crippen molar-refractivity contribution in [2.75, 3.05) is 13.2 Å². The Morgan fingerprint density at radius 2 is 2.03 bits per heavy atom. The van der Waals surface area contributed by atoms with Gasteiger partial charge in [-0.05, 0) is 67.6 Å². The fourth-order valence-corrected chi connectivity index (χ4v) is 10.6. The molecule has 6 heteroatoms. The van der Waals surface area contributed by atoms with Crippen molar-refractivity contribution >= 4 is 12.3 Å². The molecule has 0 spiro atoms. The highest BCUT2D eigenvalue weighted by Gasteiger charge is 2.84. The van der Waals surface area contributed by atoms with Crippen LogP contribution in [0.5, 0.6) is 0 Å². The molecule has 0 radical (unpaired) electrons. The molecule has 36 heavy (non-hydrogen) atoms. The van der Waals surface area contributed by atoms with Crippen molar-refractivity contribution in [2.45, 2.75) is 91.6 Å². The molecule has 4 bridgehead atoms. The largest absolute Gasteiger partial charge is 0.481 e. The van der Waals surface area contributed by atoms with Crippen LogP contribution in [0.15, 0.2) is 11.6 Å². The maximum Gasteiger partial charge on any atom is 0.315 e. The van der Waals surface area contributed by atoms with Crippen LogP contribution in [0.2, 0.25) is 0 Å². The standard InChI is InChI=1S/C30H44O6/c1-6-19-13-34-26-18(5)36-25(10-21(19)26)35-15-29-12-22-17(4)7-8-23(22)28(14-31)11-20(29)9-24(16(2)3)30(28,29)27(32)33/h9,14,16-23,25-26H,6-8,10-13,15H2,1-5H3,(H,32,33)/t17-,18-,19+,20?,21-,22-,23-,25-,26-,28?,29?,30?/m1/s1. The number of carbonyl (C=O) groups excluding carboxylic acids is 1. The average Bonchev–Trinajstić information content (AvgIpc) is 3.55. The van der Waals surface area contributed by atoms with Crippen molar-refractivity contribution in [2.24, 2.45) is 57.7 Å². The van der Waals surface area contributed by atoms with Crippen LogP contribution in [0, 0.1) is 57.7 Å². The van der Waals surface area contributed by atoms with E-state index in [1.165, 1.54) is 0 Å². The van der Waals surface area contributed by atoms with E-state index in [9.17, 15) is 14.7 Å². The maximum absolute atomic E-state index is 13.6. The lowest BCUT2D eigenvalue weighted by Gasteiger charge is -2.58. The van der Waals surface area contributed by atoms with Crippen molar-refractivity contribution < 1.29 is 28.9 Å². The lowest BCUT2D eigenvalue weighted by atomic mass is 9.43. The quantitative estimate of drug-likeness (QED) is 0.387. The van der Waals surface area contributed by atoms with Crippen LogP contribution in [-0.4, -0.2) is 49.1 Å². The minimum Gasteiger partial charge on any atom is -0.481 e. The summed E-state index contributed by atoms with van der Waals surface area (Å²) in [7, 11) is 0. The number of carboxylic acid groups (broad SMARTS) is 1. The molecule has 5 fully saturated rings. The van der Waals surface area contributed by atoms with E-state index in [1.807, 2.05) is 0 Å². The second-order valence-electron chi connectivity index (χ2n) is 13.4. The minimum absolute atomic E-state index is 0.0412. The van der Waals surface area contributed by atoms with Gasteiger partial charge in [0.05, 0.1) is 30.8 Å². The molecule has 3 saturated carbocycles. The Morgan fingerprint density at radius 3 is 2.69 bits per heavy atom. The van der Waals surface area contributed by atoms with Crippen molar-refractivity contribution in [3.8, 4) is 0 Å². The molecule has 2 aliphatic heterocycles. The van der Waals surface area contributed by atoms with Gasteiger partial charge in [-0.3, -0.25) is 4.79 Å². The Kier molecular flexibility index (Phi) is 5.83. The normalized spacial score (nSPS) is 52.8. The molecule has 200 valence electrons. The van der Waals surface area contributed by atoms with Crippen LogP contribution in [0.3, 0.4) is 0 Å². The fraction of sp³-hybridized carbons (Fsp3) is 0.867. The van der Waals surface area contributed by atoms with E-state index >= 15 is 0 Å². The summed E-state index contributed by atoms with van der Waals surface area (Å²) in [5.74, 6) is 1.28. The lowest BCUT2D eigenvalue weighted by molar-refractivity contribution is -0.251. The first-order valence-corrected chi connectivity index (χ1v) is 14.5. The molecule has 4 aliphatic carbocycles. The number of carboxylic acids is 1. The van der Waals surface area contributed by atoms with Crippen LogP contribution >= 0.6 is 0 Å². The number of hydrogen-bond donors (Lipinski definition) is 1. The number of ether oxygens (including phenoxy) is 3. The van der Waals surface area contributed by atoms with Crippen molar-refractivity contribution in [3.63, 3.8) is 0 Å². The molecule has 6 nitrogen and oxygen atoms in total. The Balaban J connectivity index is 1.37. The van der Waals surface area contributed by atoms with Crippen molar-refractivity contribution in [1.82, 2.24) is 0 Å². The van der Waals surface area contributed by atoms with E-state index in [1.54, 1.807) is 0 Å². The summed E-state index contributed by atoms with van der Waals surface area (Å²) < 4.78 is 19.1. The Labute approximate surface area is 215 Å². The summed E-state index contributed by atoms with van der Waals surface area (Å²) in [5.41, 5.74) is -1.66. The SMILES string of the molecule is CC[C@H]1CO[C@H]2[C@@H]1C[C@H](OCC13C[C@@H]4[C@H](C)CC[C@H]4C4(C=O)CC1C=C(C(C)C)C34C(=O)O)O[C@@H]2C. The van der Waals surface area contributed by atoms with Gasteiger partial charge in [-0.1, -0.05) is 52.2 Å². The Hall–Kier alpha value is -1.24. The Morgan fingerprint density at radius 1 is 1.25 bits per heavy atom. The predicted molar refractivity (Wildman–Crippen MR) is 134 cm³/mol. The molecule has 0 aromatic carbocycles. The molecule has 6 aliphatic rings. The molecule has 6 rings (SSSR count). The molecule has 0 amide bonds. The van der Waals surface area contributed by atoms with Gasteiger partial charge in [-0.25, -0.2) is 0 Å². The van der Waals surface area contributed by atoms with Gasteiger partial charge in [0.25, 0.3) is 0 Å². The van der Waals surface area contributed by atoms with Gasteiger partial charge in [-0.15, -0.1) is 0 Å². The monoisotopic (exact) mass is 500 g/mol. The average molecular weight is 501 g/mol. The molecule has 12 atom stereocenters. The first-order chi connectivity index (χ1) is 17.2. The smallest absolute Gasteiger partial charge is 0.315 e. The number of allylic oxidation sites excluding steroid dienone is 1. The Bertz CT molecular complexity index is 959. The van der Waals surface area contributed by atoms with Crippen LogP contribution in [-0.2, 0) is 23.8 Å². The lowest BCUT2D eigenvalue weighted by Crippen LogP contribution is -2.63. The van der Waals surface area contributed by atoms with E-state index < -0.39 is 22.2 Å². The number of aliphatic carboxylic acids is 1. The highest BCUT2D eigenvalue weighted by Crippen LogP contribution is 2.82. The molecule has 0 aromatic heterocycles.